The van der Waals surface area contributed by atoms with Gasteiger partial charge in [0.25, 0.3) is 0 Å². The van der Waals surface area contributed by atoms with Gasteiger partial charge in [-0.25, -0.2) is 0 Å². The van der Waals surface area contributed by atoms with E-state index < -0.39 is 0 Å². The zero-order valence-electron chi connectivity index (χ0n) is 11.8. The third-order valence-electron chi connectivity index (χ3n) is 3.36. The molecule has 2 rings (SSSR count). The van der Waals surface area contributed by atoms with Crippen molar-refractivity contribution in [1.29, 1.82) is 0 Å². The molecule has 2 aromatic rings. The largest absolute Gasteiger partial charge is 0.339 e. The van der Waals surface area contributed by atoms with Gasteiger partial charge in [-0.2, -0.15) is 4.98 Å². The molecule has 0 aliphatic heterocycles. The van der Waals surface area contributed by atoms with Crippen LogP contribution in [0.15, 0.2) is 28.8 Å². The molecule has 4 heteroatoms. The van der Waals surface area contributed by atoms with E-state index in [1.54, 1.807) is 0 Å². The summed E-state index contributed by atoms with van der Waals surface area (Å²) < 4.78 is 5.26. The zero-order chi connectivity index (χ0) is 13.8. The van der Waals surface area contributed by atoms with E-state index in [2.05, 4.69) is 43.0 Å². The Balaban J connectivity index is 2.11. The lowest BCUT2D eigenvalue weighted by Crippen LogP contribution is -2.28. The van der Waals surface area contributed by atoms with Crippen molar-refractivity contribution in [3.05, 3.63) is 35.7 Å². The maximum absolute atomic E-state index is 6.01. The zero-order valence-corrected chi connectivity index (χ0v) is 11.8. The number of hydrogen-bond acceptors (Lipinski definition) is 4. The number of aromatic nitrogens is 2. The lowest BCUT2D eigenvalue weighted by molar-refractivity contribution is 0.353. The van der Waals surface area contributed by atoms with E-state index in [0.29, 0.717) is 24.1 Å². The SMILES string of the molecule is CCc1ccc(-c2noc(CC(N)C(C)C)n2)cc1. The molecule has 2 N–H and O–H groups in total. The fourth-order valence-electron chi connectivity index (χ4n) is 1.78. The Morgan fingerprint density at radius 2 is 1.89 bits per heavy atom. The molecule has 0 amide bonds. The quantitative estimate of drug-likeness (QED) is 0.896. The van der Waals surface area contributed by atoms with E-state index in [1.807, 2.05) is 12.1 Å². The number of hydrogen-bond donors (Lipinski definition) is 1. The number of nitrogens with zero attached hydrogens (tertiary/aromatic N) is 2. The van der Waals surface area contributed by atoms with Crippen LogP contribution in [0.4, 0.5) is 0 Å². The number of aryl methyl sites for hydroxylation is 1. The van der Waals surface area contributed by atoms with Crippen molar-refractivity contribution in [3.63, 3.8) is 0 Å². The molecule has 0 spiro atoms. The molecule has 0 aliphatic carbocycles. The van der Waals surface area contributed by atoms with Crippen LogP contribution in [0.3, 0.4) is 0 Å². The van der Waals surface area contributed by atoms with Gasteiger partial charge in [-0.15, -0.1) is 0 Å². The summed E-state index contributed by atoms with van der Waals surface area (Å²) in [6.07, 6.45) is 1.65. The van der Waals surface area contributed by atoms with Gasteiger partial charge in [0.1, 0.15) is 0 Å². The maximum atomic E-state index is 6.01. The van der Waals surface area contributed by atoms with Gasteiger partial charge in [-0.05, 0) is 17.9 Å². The molecular weight excluding hydrogens is 238 g/mol. The molecular formula is C15H21N3O. The Morgan fingerprint density at radius 1 is 1.21 bits per heavy atom. The number of nitrogens with two attached hydrogens (primary N) is 1. The Labute approximate surface area is 114 Å². The van der Waals surface area contributed by atoms with Crippen molar-refractivity contribution < 1.29 is 4.52 Å². The van der Waals surface area contributed by atoms with Gasteiger partial charge in [0, 0.05) is 18.0 Å². The first-order valence-electron chi connectivity index (χ1n) is 6.77. The number of rotatable bonds is 5. The van der Waals surface area contributed by atoms with Gasteiger partial charge in [-0.1, -0.05) is 50.2 Å². The Bertz CT molecular complexity index is 516. The first kappa shape index (κ1) is 13.7. The molecule has 0 radical (unpaired) electrons. The van der Waals surface area contributed by atoms with Crippen molar-refractivity contribution in [3.8, 4) is 11.4 Å². The van der Waals surface area contributed by atoms with Gasteiger partial charge in [0.05, 0.1) is 0 Å². The summed E-state index contributed by atoms with van der Waals surface area (Å²) in [6.45, 7) is 6.31. The Hall–Kier alpha value is -1.68. The molecule has 1 aromatic heterocycles. The van der Waals surface area contributed by atoms with Crippen LogP contribution in [0.1, 0.15) is 32.2 Å². The highest BCUT2D eigenvalue weighted by Crippen LogP contribution is 2.17. The average molecular weight is 259 g/mol. The van der Waals surface area contributed by atoms with E-state index in [0.717, 1.165) is 12.0 Å². The Kier molecular flexibility index (Phi) is 4.32. The highest BCUT2D eigenvalue weighted by atomic mass is 16.5. The topological polar surface area (TPSA) is 64.9 Å². The highest BCUT2D eigenvalue weighted by molar-refractivity contribution is 5.54. The van der Waals surface area contributed by atoms with Crippen LogP contribution in [0.25, 0.3) is 11.4 Å². The summed E-state index contributed by atoms with van der Waals surface area (Å²) in [5.74, 6) is 1.64. The molecule has 1 unspecified atom stereocenters. The van der Waals surface area contributed by atoms with E-state index >= 15 is 0 Å². The molecule has 1 atom stereocenters. The van der Waals surface area contributed by atoms with E-state index in [1.165, 1.54) is 5.56 Å². The van der Waals surface area contributed by atoms with Crippen molar-refractivity contribution in [2.45, 2.75) is 39.7 Å². The molecule has 1 heterocycles. The second kappa shape index (κ2) is 5.97. The minimum atomic E-state index is 0.0516. The van der Waals surface area contributed by atoms with Crippen LogP contribution >= 0.6 is 0 Å². The molecule has 0 aliphatic rings. The van der Waals surface area contributed by atoms with Gasteiger partial charge in [0.2, 0.25) is 11.7 Å². The second-order valence-electron chi connectivity index (χ2n) is 5.17. The molecule has 0 saturated carbocycles. The van der Waals surface area contributed by atoms with Crippen molar-refractivity contribution >= 4 is 0 Å². The van der Waals surface area contributed by atoms with Crippen LogP contribution < -0.4 is 5.73 Å². The lowest BCUT2D eigenvalue weighted by Gasteiger charge is -2.11. The van der Waals surface area contributed by atoms with Crippen LogP contribution in [0.2, 0.25) is 0 Å². The summed E-state index contributed by atoms with van der Waals surface area (Å²) in [5, 5.41) is 4.01. The minimum absolute atomic E-state index is 0.0516. The van der Waals surface area contributed by atoms with Crippen LogP contribution in [0, 0.1) is 5.92 Å². The normalized spacial score (nSPS) is 12.9. The predicted octanol–water partition coefficient (Wildman–Crippen LogP) is 2.82. The smallest absolute Gasteiger partial charge is 0.228 e. The molecule has 0 saturated heterocycles. The van der Waals surface area contributed by atoms with Crippen molar-refractivity contribution in [2.24, 2.45) is 11.7 Å². The number of benzene rings is 1. The molecule has 1 aromatic carbocycles. The summed E-state index contributed by atoms with van der Waals surface area (Å²) in [7, 11) is 0. The third-order valence-corrected chi connectivity index (χ3v) is 3.36. The van der Waals surface area contributed by atoms with Crippen LogP contribution in [-0.2, 0) is 12.8 Å². The molecule has 0 bridgehead atoms. The second-order valence-corrected chi connectivity index (χ2v) is 5.17. The molecule has 102 valence electrons. The minimum Gasteiger partial charge on any atom is -0.339 e. The van der Waals surface area contributed by atoms with E-state index in [4.69, 9.17) is 10.3 Å². The molecule has 19 heavy (non-hydrogen) atoms. The van der Waals surface area contributed by atoms with Gasteiger partial charge in [0.15, 0.2) is 0 Å². The summed E-state index contributed by atoms with van der Waals surface area (Å²) in [6, 6.07) is 8.28. The standard InChI is InChI=1S/C15H21N3O/c1-4-11-5-7-12(8-6-11)15-17-14(19-18-15)9-13(16)10(2)3/h5-8,10,13H,4,9,16H2,1-3H3. The fraction of sp³-hybridized carbons (Fsp3) is 0.467. The van der Waals surface area contributed by atoms with Crippen LogP contribution in [-0.4, -0.2) is 16.2 Å². The first-order chi connectivity index (χ1) is 9.10. The molecule has 0 fully saturated rings. The molecule has 4 nitrogen and oxygen atoms in total. The summed E-state index contributed by atoms with van der Waals surface area (Å²) in [5.41, 5.74) is 8.28. The van der Waals surface area contributed by atoms with Crippen LogP contribution in [0.5, 0.6) is 0 Å². The van der Waals surface area contributed by atoms with Gasteiger partial charge in [-0.3, -0.25) is 0 Å². The van der Waals surface area contributed by atoms with Crippen molar-refractivity contribution in [1.82, 2.24) is 10.1 Å². The van der Waals surface area contributed by atoms with E-state index in [9.17, 15) is 0 Å². The van der Waals surface area contributed by atoms with Gasteiger partial charge < -0.3 is 10.3 Å². The lowest BCUT2D eigenvalue weighted by atomic mass is 10.0. The summed E-state index contributed by atoms with van der Waals surface area (Å²) in [4.78, 5) is 4.40. The van der Waals surface area contributed by atoms with Crippen molar-refractivity contribution in [2.75, 3.05) is 0 Å². The third kappa shape index (κ3) is 3.41. The van der Waals surface area contributed by atoms with Gasteiger partial charge >= 0.3 is 0 Å². The maximum Gasteiger partial charge on any atom is 0.228 e. The van der Waals surface area contributed by atoms with E-state index in [-0.39, 0.29) is 6.04 Å². The average Bonchev–Trinajstić information content (AvgIpc) is 2.87. The monoisotopic (exact) mass is 259 g/mol. The Morgan fingerprint density at radius 3 is 2.47 bits per heavy atom. The predicted molar refractivity (Wildman–Crippen MR) is 75.6 cm³/mol. The highest BCUT2D eigenvalue weighted by Gasteiger charge is 2.14. The summed E-state index contributed by atoms with van der Waals surface area (Å²) >= 11 is 0. The first-order valence-corrected chi connectivity index (χ1v) is 6.77. The fourth-order valence-corrected chi connectivity index (χ4v) is 1.78.